The van der Waals surface area contributed by atoms with Crippen LogP contribution in [-0.4, -0.2) is 42.0 Å². The number of nitriles is 1. The largest absolute Gasteiger partial charge is 0.355 e. The summed E-state index contributed by atoms with van der Waals surface area (Å²) in [6.07, 6.45) is 3.74. The first-order valence-electron chi connectivity index (χ1n) is 8.99. The quantitative estimate of drug-likeness (QED) is 0.805. The summed E-state index contributed by atoms with van der Waals surface area (Å²) in [5.74, 6) is 1.68. The smallest absolute Gasteiger partial charge is 0.222 e. The van der Waals surface area contributed by atoms with Crippen molar-refractivity contribution in [1.82, 2.24) is 9.88 Å². The first kappa shape index (κ1) is 18.3. The van der Waals surface area contributed by atoms with Crippen molar-refractivity contribution < 1.29 is 4.79 Å². The van der Waals surface area contributed by atoms with E-state index in [-0.39, 0.29) is 5.91 Å². The first-order chi connectivity index (χ1) is 11.6. The standard InChI is InChI=1S/C19H28N4O/c1-4-22(5-2)18(24)9-7-16-10-12-23(13-11-16)19-17(14-20)8-6-15(3)21-19/h6,8,16H,4-5,7,9-13H2,1-3H3. The van der Waals surface area contributed by atoms with E-state index in [0.29, 0.717) is 17.9 Å². The summed E-state index contributed by atoms with van der Waals surface area (Å²) in [7, 11) is 0. The van der Waals surface area contributed by atoms with Gasteiger partial charge in [0.2, 0.25) is 5.91 Å². The maximum atomic E-state index is 12.1. The van der Waals surface area contributed by atoms with Crippen molar-refractivity contribution in [3.8, 4) is 6.07 Å². The Morgan fingerprint density at radius 2 is 2.00 bits per heavy atom. The van der Waals surface area contributed by atoms with Gasteiger partial charge in [0.15, 0.2) is 0 Å². The number of aryl methyl sites for hydroxylation is 1. The van der Waals surface area contributed by atoms with Crippen molar-refractivity contribution >= 4 is 11.7 Å². The highest BCUT2D eigenvalue weighted by molar-refractivity contribution is 5.76. The molecule has 0 atom stereocenters. The molecule has 2 rings (SSSR count). The van der Waals surface area contributed by atoms with E-state index in [1.165, 1.54) is 0 Å². The fraction of sp³-hybridized carbons (Fsp3) is 0.632. The molecule has 5 nitrogen and oxygen atoms in total. The van der Waals surface area contributed by atoms with Gasteiger partial charge in [-0.2, -0.15) is 5.26 Å². The second-order valence-corrected chi connectivity index (χ2v) is 6.47. The Bertz CT molecular complexity index is 596. The first-order valence-corrected chi connectivity index (χ1v) is 8.99. The van der Waals surface area contributed by atoms with E-state index >= 15 is 0 Å². The molecular formula is C19H28N4O. The van der Waals surface area contributed by atoms with Crippen LogP contribution in [0.1, 0.15) is 50.8 Å². The molecule has 2 heterocycles. The Labute approximate surface area is 145 Å². The number of pyridine rings is 1. The highest BCUT2D eigenvalue weighted by Crippen LogP contribution is 2.27. The fourth-order valence-electron chi connectivity index (χ4n) is 3.37. The highest BCUT2D eigenvalue weighted by Gasteiger charge is 2.23. The van der Waals surface area contributed by atoms with E-state index in [2.05, 4.69) is 16.0 Å². The monoisotopic (exact) mass is 328 g/mol. The van der Waals surface area contributed by atoms with Gasteiger partial charge in [-0.25, -0.2) is 4.98 Å². The van der Waals surface area contributed by atoms with Gasteiger partial charge in [0.05, 0.1) is 5.56 Å². The van der Waals surface area contributed by atoms with Crippen molar-refractivity contribution in [3.63, 3.8) is 0 Å². The third kappa shape index (κ3) is 4.47. The van der Waals surface area contributed by atoms with Crippen molar-refractivity contribution in [3.05, 3.63) is 23.4 Å². The van der Waals surface area contributed by atoms with Gasteiger partial charge in [0.1, 0.15) is 11.9 Å². The number of carbonyl (C=O) groups excluding carboxylic acids is 1. The Hall–Kier alpha value is -2.09. The second-order valence-electron chi connectivity index (χ2n) is 6.47. The minimum absolute atomic E-state index is 0.273. The summed E-state index contributed by atoms with van der Waals surface area (Å²) in [5.41, 5.74) is 1.59. The maximum absolute atomic E-state index is 12.1. The van der Waals surface area contributed by atoms with Crippen molar-refractivity contribution in [2.45, 2.75) is 46.5 Å². The van der Waals surface area contributed by atoms with Crippen molar-refractivity contribution in [2.24, 2.45) is 5.92 Å². The Kier molecular flexibility index (Phi) is 6.60. The molecule has 1 saturated heterocycles. The molecule has 1 aromatic heterocycles. The Morgan fingerprint density at radius 3 is 2.58 bits per heavy atom. The topological polar surface area (TPSA) is 60.2 Å². The molecule has 5 heteroatoms. The lowest BCUT2D eigenvalue weighted by Crippen LogP contribution is -2.36. The zero-order valence-corrected chi connectivity index (χ0v) is 15.1. The third-order valence-corrected chi connectivity index (χ3v) is 4.93. The maximum Gasteiger partial charge on any atom is 0.222 e. The minimum Gasteiger partial charge on any atom is -0.355 e. The molecule has 0 bridgehead atoms. The normalized spacial score (nSPS) is 15.2. The van der Waals surface area contributed by atoms with Crippen LogP contribution in [0.5, 0.6) is 0 Å². The number of aromatic nitrogens is 1. The molecule has 24 heavy (non-hydrogen) atoms. The summed E-state index contributed by atoms with van der Waals surface area (Å²) in [6, 6.07) is 5.98. The molecule has 0 N–H and O–H groups in total. The van der Waals surface area contributed by atoms with Crippen LogP contribution in [0, 0.1) is 24.2 Å². The van der Waals surface area contributed by atoms with Gasteiger partial charge in [0, 0.05) is 38.3 Å². The number of amides is 1. The number of anilines is 1. The van der Waals surface area contributed by atoms with E-state index in [4.69, 9.17) is 0 Å². The molecule has 0 saturated carbocycles. The lowest BCUT2D eigenvalue weighted by molar-refractivity contribution is -0.131. The summed E-state index contributed by atoms with van der Waals surface area (Å²) in [4.78, 5) is 20.8. The summed E-state index contributed by atoms with van der Waals surface area (Å²) >= 11 is 0. The van der Waals surface area contributed by atoms with Crippen LogP contribution >= 0.6 is 0 Å². The predicted molar refractivity (Wildman–Crippen MR) is 95.8 cm³/mol. The van der Waals surface area contributed by atoms with Gasteiger partial charge >= 0.3 is 0 Å². The fourth-order valence-corrected chi connectivity index (χ4v) is 3.37. The van der Waals surface area contributed by atoms with Crippen molar-refractivity contribution in [1.29, 1.82) is 5.26 Å². The number of nitrogens with zero attached hydrogens (tertiary/aromatic N) is 4. The highest BCUT2D eigenvalue weighted by atomic mass is 16.2. The van der Waals surface area contributed by atoms with E-state index in [9.17, 15) is 10.1 Å². The number of hydrogen-bond acceptors (Lipinski definition) is 4. The van der Waals surface area contributed by atoms with Crippen molar-refractivity contribution in [2.75, 3.05) is 31.1 Å². The SMILES string of the molecule is CCN(CC)C(=O)CCC1CCN(c2nc(C)ccc2C#N)CC1. The van der Waals surface area contributed by atoms with Crippen LogP contribution in [0.2, 0.25) is 0 Å². The van der Waals surface area contributed by atoms with Gasteiger partial charge in [0.25, 0.3) is 0 Å². The Morgan fingerprint density at radius 1 is 1.33 bits per heavy atom. The van der Waals surface area contributed by atoms with Gasteiger partial charge in [-0.1, -0.05) is 0 Å². The number of rotatable bonds is 6. The van der Waals surface area contributed by atoms with E-state index in [0.717, 1.165) is 57.0 Å². The molecule has 1 aliphatic rings. The van der Waals surface area contributed by atoms with Crippen LogP contribution in [0.3, 0.4) is 0 Å². The van der Waals surface area contributed by atoms with Crippen LogP contribution < -0.4 is 4.90 Å². The van der Waals surface area contributed by atoms with E-state index in [1.807, 2.05) is 37.8 Å². The summed E-state index contributed by atoms with van der Waals surface area (Å²) in [6.45, 7) is 9.43. The third-order valence-electron chi connectivity index (χ3n) is 4.93. The van der Waals surface area contributed by atoms with Crippen LogP contribution in [0.25, 0.3) is 0 Å². The lowest BCUT2D eigenvalue weighted by atomic mass is 9.91. The number of piperidine rings is 1. The van der Waals surface area contributed by atoms with Crippen LogP contribution in [-0.2, 0) is 4.79 Å². The molecular weight excluding hydrogens is 300 g/mol. The number of hydrogen-bond donors (Lipinski definition) is 0. The number of carbonyl (C=O) groups is 1. The Balaban J connectivity index is 1.87. The molecule has 1 fully saturated rings. The molecule has 1 aromatic rings. The molecule has 0 aromatic carbocycles. The van der Waals surface area contributed by atoms with Crippen LogP contribution in [0.4, 0.5) is 5.82 Å². The second kappa shape index (κ2) is 8.68. The molecule has 0 unspecified atom stereocenters. The van der Waals surface area contributed by atoms with Gasteiger partial charge in [-0.15, -0.1) is 0 Å². The average molecular weight is 328 g/mol. The summed E-state index contributed by atoms with van der Waals surface area (Å²) in [5, 5.41) is 9.28. The summed E-state index contributed by atoms with van der Waals surface area (Å²) < 4.78 is 0. The van der Waals surface area contributed by atoms with Gasteiger partial charge in [-0.05, 0) is 58.1 Å². The van der Waals surface area contributed by atoms with E-state index in [1.54, 1.807) is 0 Å². The van der Waals surface area contributed by atoms with Crippen LogP contribution in [0.15, 0.2) is 12.1 Å². The lowest BCUT2D eigenvalue weighted by Gasteiger charge is -2.33. The van der Waals surface area contributed by atoms with Gasteiger partial charge < -0.3 is 9.80 Å². The minimum atomic E-state index is 0.273. The molecule has 0 radical (unpaired) electrons. The molecule has 0 aliphatic carbocycles. The zero-order chi connectivity index (χ0) is 17.5. The molecule has 1 aliphatic heterocycles. The van der Waals surface area contributed by atoms with E-state index < -0.39 is 0 Å². The predicted octanol–water partition coefficient (Wildman–Crippen LogP) is 3.13. The average Bonchev–Trinajstić information content (AvgIpc) is 2.61. The van der Waals surface area contributed by atoms with Gasteiger partial charge in [-0.3, -0.25) is 4.79 Å². The molecule has 130 valence electrons. The molecule has 1 amide bonds. The molecule has 0 spiro atoms. The zero-order valence-electron chi connectivity index (χ0n) is 15.1.